The summed E-state index contributed by atoms with van der Waals surface area (Å²) in [5.41, 5.74) is 1.33. The van der Waals surface area contributed by atoms with E-state index in [-0.39, 0.29) is 5.91 Å². The lowest BCUT2D eigenvalue weighted by Gasteiger charge is -2.35. The second-order valence-electron chi connectivity index (χ2n) is 7.72. The molecule has 0 saturated carbocycles. The van der Waals surface area contributed by atoms with Gasteiger partial charge in [0.15, 0.2) is 0 Å². The fraction of sp³-hybridized carbons (Fsp3) is 0.550. The quantitative estimate of drug-likeness (QED) is 0.802. The molecule has 2 aliphatic rings. The Morgan fingerprint density at radius 3 is 2.36 bits per heavy atom. The molecule has 1 atom stereocenters. The lowest BCUT2D eigenvalue weighted by Crippen LogP contribution is -2.48. The minimum Gasteiger partial charge on any atom is -0.337 e. The second-order valence-corrected chi connectivity index (χ2v) is 7.72. The lowest BCUT2D eigenvalue weighted by molar-refractivity contribution is 0.0677. The van der Waals surface area contributed by atoms with Crippen molar-refractivity contribution < 1.29 is 4.79 Å². The van der Waals surface area contributed by atoms with Gasteiger partial charge in [-0.05, 0) is 37.8 Å². The van der Waals surface area contributed by atoms with E-state index in [1.807, 2.05) is 17.9 Å². The number of carbonyl (C=O) groups is 1. The van der Waals surface area contributed by atoms with Crippen LogP contribution < -0.4 is 9.80 Å². The number of rotatable bonds is 3. The molecular formula is C20H27N7O. The maximum Gasteiger partial charge on any atom is 0.272 e. The van der Waals surface area contributed by atoms with Crippen LogP contribution in [0.5, 0.6) is 0 Å². The van der Waals surface area contributed by atoms with Gasteiger partial charge in [-0.3, -0.25) is 4.79 Å². The fourth-order valence-electron chi connectivity index (χ4n) is 3.90. The molecule has 4 heterocycles. The van der Waals surface area contributed by atoms with Crippen LogP contribution in [0.2, 0.25) is 0 Å². The van der Waals surface area contributed by atoms with Crippen LogP contribution >= 0.6 is 0 Å². The van der Waals surface area contributed by atoms with Crippen LogP contribution in [0.15, 0.2) is 24.5 Å². The van der Waals surface area contributed by atoms with Crippen molar-refractivity contribution in [3.63, 3.8) is 0 Å². The predicted molar refractivity (Wildman–Crippen MR) is 108 cm³/mol. The highest BCUT2D eigenvalue weighted by Gasteiger charge is 2.26. The monoisotopic (exact) mass is 381 g/mol. The van der Waals surface area contributed by atoms with Crippen LogP contribution in [0.1, 0.15) is 35.9 Å². The molecule has 2 fully saturated rings. The van der Waals surface area contributed by atoms with Gasteiger partial charge in [-0.1, -0.05) is 6.92 Å². The summed E-state index contributed by atoms with van der Waals surface area (Å²) >= 11 is 0. The van der Waals surface area contributed by atoms with Crippen molar-refractivity contribution >= 4 is 17.8 Å². The highest BCUT2D eigenvalue weighted by Crippen LogP contribution is 2.20. The molecule has 0 aromatic carbocycles. The van der Waals surface area contributed by atoms with Gasteiger partial charge < -0.3 is 14.7 Å². The Morgan fingerprint density at radius 2 is 1.68 bits per heavy atom. The molecule has 8 heteroatoms. The number of aromatic nitrogens is 4. The van der Waals surface area contributed by atoms with Gasteiger partial charge in [0.2, 0.25) is 11.9 Å². The first-order chi connectivity index (χ1) is 13.6. The summed E-state index contributed by atoms with van der Waals surface area (Å²) in [6, 6.07) is 3.63. The van der Waals surface area contributed by atoms with Crippen molar-refractivity contribution in [3.8, 4) is 0 Å². The summed E-state index contributed by atoms with van der Waals surface area (Å²) in [6.07, 6.45) is 5.77. The van der Waals surface area contributed by atoms with E-state index in [0.29, 0.717) is 17.6 Å². The maximum absolute atomic E-state index is 13.0. The molecule has 1 unspecified atom stereocenters. The van der Waals surface area contributed by atoms with E-state index < -0.39 is 0 Å². The summed E-state index contributed by atoms with van der Waals surface area (Å²) in [4.78, 5) is 37.1. The maximum atomic E-state index is 13.0. The standard InChI is InChI=1S/C20H27N7O/c1-15-5-3-8-27(14-15)18(28)17-13-16(2)23-20(24-17)26-11-9-25(10-12-26)19-21-6-4-7-22-19/h4,6-7,13,15H,3,5,8-12,14H2,1-2H3. The number of aryl methyl sites for hydroxylation is 1. The van der Waals surface area contributed by atoms with E-state index in [9.17, 15) is 4.79 Å². The van der Waals surface area contributed by atoms with Crippen molar-refractivity contribution in [2.45, 2.75) is 26.7 Å². The molecule has 2 aromatic rings. The van der Waals surface area contributed by atoms with Gasteiger partial charge in [0.25, 0.3) is 5.91 Å². The number of nitrogens with zero attached hydrogens (tertiary/aromatic N) is 7. The van der Waals surface area contributed by atoms with Gasteiger partial charge in [-0.25, -0.2) is 19.9 Å². The molecule has 148 valence electrons. The smallest absolute Gasteiger partial charge is 0.272 e. The number of piperidine rings is 1. The molecule has 28 heavy (non-hydrogen) atoms. The van der Waals surface area contributed by atoms with Crippen molar-refractivity contribution in [3.05, 3.63) is 35.9 Å². The topological polar surface area (TPSA) is 78.4 Å². The minimum atomic E-state index is 0.0228. The molecule has 2 aliphatic heterocycles. The van der Waals surface area contributed by atoms with Crippen LogP contribution in [-0.2, 0) is 0 Å². The molecule has 4 rings (SSSR count). The van der Waals surface area contributed by atoms with Gasteiger partial charge in [0.05, 0.1) is 0 Å². The third-order valence-corrected chi connectivity index (χ3v) is 5.40. The zero-order chi connectivity index (χ0) is 19.5. The minimum absolute atomic E-state index is 0.0228. The zero-order valence-electron chi connectivity index (χ0n) is 16.6. The Bertz CT molecular complexity index is 821. The van der Waals surface area contributed by atoms with Gasteiger partial charge in [-0.2, -0.15) is 0 Å². The molecule has 0 radical (unpaired) electrons. The second kappa shape index (κ2) is 8.08. The van der Waals surface area contributed by atoms with E-state index in [2.05, 4.69) is 36.7 Å². The van der Waals surface area contributed by atoms with E-state index in [4.69, 9.17) is 0 Å². The molecule has 2 saturated heterocycles. The van der Waals surface area contributed by atoms with Crippen molar-refractivity contribution in [2.24, 2.45) is 5.92 Å². The molecule has 1 amide bonds. The van der Waals surface area contributed by atoms with E-state index in [0.717, 1.165) is 57.3 Å². The van der Waals surface area contributed by atoms with Crippen LogP contribution in [0.3, 0.4) is 0 Å². The first kappa shape index (κ1) is 18.6. The van der Waals surface area contributed by atoms with E-state index >= 15 is 0 Å². The average molecular weight is 381 g/mol. The molecular weight excluding hydrogens is 354 g/mol. The summed E-state index contributed by atoms with van der Waals surface area (Å²) in [5, 5.41) is 0. The molecule has 0 spiro atoms. The third kappa shape index (κ3) is 4.05. The van der Waals surface area contributed by atoms with Crippen LogP contribution in [0, 0.1) is 12.8 Å². The number of piperazine rings is 1. The predicted octanol–water partition coefficient (Wildman–Crippen LogP) is 1.77. The molecule has 0 aliphatic carbocycles. The van der Waals surface area contributed by atoms with Crippen molar-refractivity contribution in [2.75, 3.05) is 49.1 Å². The lowest BCUT2D eigenvalue weighted by atomic mass is 10.00. The molecule has 0 bridgehead atoms. The SMILES string of the molecule is Cc1cc(C(=O)N2CCCC(C)C2)nc(N2CCN(c3ncccn3)CC2)n1. The Kier molecular flexibility index (Phi) is 5.36. The molecule has 2 aromatic heterocycles. The van der Waals surface area contributed by atoms with Gasteiger partial charge in [0, 0.05) is 57.4 Å². The normalized spacial score (nSPS) is 20.4. The zero-order valence-corrected chi connectivity index (χ0v) is 16.6. The van der Waals surface area contributed by atoms with Crippen molar-refractivity contribution in [1.29, 1.82) is 0 Å². The van der Waals surface area contributed by atoms with Crippen LogP contribution in [0.25, 0.3) is 0 Å². The number of hydrogen-bond donors (Lipinski definition) is 0. The van der Waals surface area contributed by atoms with E-state index in [1.54, 1.807) is 18.5 Å². The molecule has 8 nitrogen and oxygen atoms in total. The number of likely N-dealkylation sites (tertiary alicyclic amines) is 1. The first-order valence-electron chi connectivity index (χ1n) is 10.0. The third-order valence-electron chi connectivity index (χ3n) is 5.40. The van der Waals surface area contributed by atoms with Crippen LogP contribution in [-0.4, -0.2) is 70.0 Å². The van der Waals surface area contributed by atoms with Gasteiger partial charge in [0.1, 0.15) is 5.69 Å². The number of amides is 1. The van der Waals surface area contributed by atoms with Gasteiger partial charge >= 0.3 is 0 Å². The number of hydrogen-bond acceptors (Lipinski definition) is 7. The van der Waals surface area contributed by atoms with E-state index in [1.165, 1.54) is 6.42 Å². The summed E-state index contributed by atoms with van der Waals surface area (Å²) in [5.74, 6) is 1.97. The summed E-state index contributed by atoms with van der Waals surface area (Å²) < 4.78 is 0. The first-order valence-corrected chi connectivity index (χ1v) is 10.0. The van der Waals surface area contributed by atoms with Gasteiger partial charge in [-0.15, -0.1) is 0 Å². The Labute approximate surface area is 165 Å². The van der Waals surface area contributed by atoms with Crippen molar-refractivity contribution in [1.82, 2.24) is 24.8 Å². The average Bonchev–Trinajstić information content (AvgIpc) is 2.73. The highest BCUT2D eigenvalue weighted by atomic mass is 16.2. The summed E-state index contributed by atoms with van der Waals surface area (Å²) in [6.45, 7) is 8.90. The number of anilines is 2. The fourth-order valence-corrected chi connectivity index (χ4v) is 3.90. The Hall–Kier alpha value is -2.77. The summed E-state index contributed by atoms with van der Waals surface area (Å²) in [7, 11) is 0. The largest absolute Gasteiger partial charge is 0.337 e. The number of carbonyl (C=O) groups excluding carboxylic acids is 1. The Balaban J connectivity index is 1.46. The molecule has 0 N–H and O–H groups in total. The Morgan fingerprint density at radius 1 is 1.00 bits per heavy atom. The van der Waals surface area contributed by atoms with Crippen LogP contribution in [0.4, 0.5) is 11.9 Å². The highest BCUT2D eigenvalue weighted by molar-refractivity contribution is 5.92.